The maximum atomic E-state index is 14.0. The second-order valence-corrected chi connectivity index (χ2v) is 9.29. The Morgan fingerprint density at radius 2 is 1.89 bits per heavy atom. The predicted molar refractivity (Wildman–Crippen MR) is 132 cm³/mol. The summed E-state index contributed by atoms with van der Waals surface area (Å²) < 4.78 is 16.0. The summed E-state index contributed by atoms with van der Waals surface area (Å²) in [6, 6.07) is 7.57. The third-order valence-corrected chi connectivity index (χ3v) is 7.00. The lowest BCUT2D eigenvalue weighted by atomic mass is 9.82. The molecule has 2 bridgehead atoms. The fraction of sp³-hybridized carbons (Fsp3) is 0.296. The minimum absolute atomic E-state index is 0.380. The standard InChI is InChI=1S/C27H24FN7/c1-16-25-27(32-17(2)31-16)35(26(33-25)21-10-22(28)13-30-12-21)14-20-5-4-19(11-24(20)29-3)23-15-34-8-6-18(23)7-9-34/h4-5,10-13,15,18H,6-9,14H2,1-2H3. The summed E-state index contributed by atoms with van der Waals surface area (Å²) in [6.07, 6.45) is 7.37. The number of rotatable bonds is 4. The molecule has 3 aliphatic heterocycles. The Morgan fingerprint density at radius 1 is 1.06 bits per heavy atom. The molecule has 3 aromatic heterocycles. The molecule has 0 amide bonds. The highest BCUT2D eigenvalue weighted by molar-refractivity contribution is 5.79. The molecule has 0 unspecified atom stereocenters. The van der Waals surface area contributed by atoms with Gasteiger partial charge in [-0.05, 0) is 61.4 Å². The number of pyridine rings is 1. The lowest BCUT2D eigenvalue weighted by Crippen LogP contribution is -2.35. The fourth-order valence-corrected chi connectivity index (χ4v) is 5.28. The first-order valence-electron chi connectivity index (χ1n) is 11.8. The van der Waals surface area contributed by atoms with Gasteiger partial charge in [-0.2, -0.15) is 0 Å². The number of allylic oxidation sites excluding steroid dienone is 1. The van der Waals surface area contributed by atoms with Crippen LogP contribution in [0.4, 0.5) is 10.1 Å². The summed E-state index contributed by atoms with van der Waals surface area (Å²) in [7, 11) is 0. The molecule has 4 aromatic rings. The van der Waals surface area contributed by atoms with Crippen molar-refractivity contribution in [2.45, 2.75) is 33.2 Å². The van der Waals surface area contributed by atoms with Crippen molar-refractivity contribution in [2.24, 2.45) is 5.92 Å². The van der Waals surface area contributed by atoms with Gasteiger partial charge in [0.05, 0.1) is 18.5 Å². The second kappa shape index (κ2) is 8.27. The molecule has 7 nitrogen and oxygen atoms in total. The molecule has 1 fully saturated rings. The Bertz CT molecular complexity index is 1540. The van der Waals surface area contributed by atoms with E-state index in [2.05, 4.69) is 37.0 Å². The van der Waals surface area contributed by atoms with E-state index in [0.29, 0.717) is 46.5 Å². The van der Waals surface area contributed by atoms with E-state index in [1.54, 1.807) is 6.20 Å². The Kier molecular flexibility index (Phi) is 5.06. The quantitative estimate of drug-likeness (QED) is 0.382. The molecule has 0 spiro atoms. The summed E-state index contributed by atoms with van der Waals surface area (Å²) in [6.45, 7) is 14.2. The van der Waals surface area contributed by atoms with Gasteiger partial charge in [-0.3, -0.25) is 4.98 Å². The first-order valence-corrected chi connectivity index (χ1v) is 11.8. The molecule has 0 atom stereocenters. The van der Waals surface area contributed by atoms with Crippen LogP contribution in [0.5, 0.6) is 0 Å². The molecule has 1 saturated heterocycles. The van der Waals surface area contributed by atoms with Crippen LogP contribution < -0.4 is 0 Å². The van der Waals surface area contributed by atoms with Gasteiger partial charge < -0.3 is 9.47 Å². The number of aryl methyl sites for hydroxylation is 2. The molecule has 0 aliphatic carbocycles. The van der Waals surface area contributed by atoms with Crippen LogP contribution in [0.3, 0.4) is 0 Å². The number of piperidine rings is 1. The van der Waals surface area contributed by atoms with Crippen LogP contribution in [0, 0.1) is 32.2 Å². The normalized spacial score (nSPS) is 15.5. The van der Waals surface area contributed by atoms with E-state index in [9.17, 15) is 4.39 Å². The molecule has 8 heteroatoms. The van der Waals surface area contributed by atoms with E-state index >= 15 is 0 Å². The number of fused-ring (bicyclic) bond motifs is 3. The zero-order chi connectivity index (χ0) is 24.1. The van der Waals surface area contributed by atoms with Crippen molar-refractivity contribution in [3.05, 3.63) is 82.7 Å². The lowest BCUT2D eigenvalue weighted by Gasteiger charge is -2.39. The zero-order valence-electron chi connectivity index (χ0n) is 19.7. The Balaban J connectivity index is 1.47. The van der Waals surface area contributed by atoms with Gasteiger partial charge >= 0.3 is 0 Å². The third-order valence-electron chi connectivity index (χ3n) is 7.00. The third kappa shape index (κ3) is 3.73. The van der Waals surface area contributed by atoms with Gasteiger partial charge in [0.25, 0.3) is 0 Å². The number of hydrogen-bond acceptors (Lipinski definition) is 5. The molecule has 174 valence electrons. The Morgan fingerprint density at radius 3 is 2.60 bits per heavy atom. The molecular formula is C27H24FN7. The smallest absolute Gasteiger partial charge is 0.192 e. The van der Waals surface area contributed by atoms with Crippen molar-refractivity contribution in [3.8, 4) is 11.4 Å². The van der Waals surface area contributed by atoms with E-state index in [1.165, 1.54) is 30.7 Å². The molecular weight excluding hydrogens is 441 g/mol. The van der Waals surface area contributed by atoms with Crippen molar-refractivity contribution in [1.82, 2.24) is 29.4 Å². The van der Waals surface area contributed by atoms with E-state index in [1.807, 2.05) is 30.5 Å². The topological polar surface area (TPSA) is 64.1 Å². The van der Waals surface area contributed by atoms with Gasteiger partial charge in [0.15, 0.2) is 11.3 Å². The van der Waals surface area contributed by atoms with Crippen LogP contribution in [0.2, 0.25) is 0 Å². The summed E-state index contributed by atoms with van der Waals surface area (Å²) >= 11 is 0. The summed E-state index contributed by atoms with van der Waals surface area (Å²) in [5, 5.41) is 0. The van der Waals surface area contributed by atoms with Crippen LogP contribution in [0.1, 0.15) is 35.5 Å². The van der Waals surface area contributed by atoms with Crippen molar-refractivity contribution in [1.29, 1.82) is 0 Å². The highest BCUT2D eigenvalue weighted by Gasteiger charge is 2.28. The fourth-order valence-electron chi connectivity index (χ4n) is 5.28. The molecule has 3 aliphatic rings. The van der Waals surface area contributed by atoms with Gasteiger partial charge in [-0.15, -0.1) is 0 Å². The van der Waals surface area contributed by atoms with Gasteiger partial charge in [0.1, 0.15) is 23.0 Å². The molecule has 0 radical (unpaired) electrons. The van der Waals surface area contributed by atoms with E-state index < -0.39 is 5.82 Å². The molecule has 7 rings (SSSR count). The van der Waals surface area contributed by atoms with Crippen molar-refractivity contribution >= 4 is 22.4 Å². The number of halogens is 1. The predicted octanol–water partition coefficient (Wildman–Crippen LogP) is 5.31. The maximum Gasteiger partial charge on any atom is 0.192 e. The number of hydrogen-bond donors (Lipinski definition) is 0. The van der Waals surface area contributed by atoms with Crippen LogP contribution >= 0.6 is 0 Å². The van der Waals surface area contributed by atoms with Crippen molar-refractivity contribution in [3.63, 3.8) is 0 Å². The molecule has 35 heavy (non-hydrogen) atoms. The van der Waals surface area contributed by atoms with Crippen LogP contribution in [0.15, 0.2) is 42.9 Å². The SMILES string of the molecule is [C-]#[N+]c1cc(C2=CN3CCC2CC3)ccc1Cn1c(-c2cncc(F)c2)nc2c(C)nc(C)nc21. The van der Waals surface area contributed by atoms with Gasteiger partial charge in [0.2, 0.25) is 0 Å². The van der Waals surface area contributed by atoms with Gasteiger partial charge in [0, 0.05) is 37.6 Å². The first-order chi connectivity index (χ1) is 17.0. The van der Waals surface area contributed by atoms with Crippen LogP contribution in [-0.4, -0.2) is 42.5 Å². The second-order valence-electron chi connectivity index (χ2n) is 9.29. The van der Waals surface area contributed by atoms with Gasteiger partial charge in [-0.25, -0.2) is 24.2 Å². The monoisotopic (exact) mass is 465 g/mol. The molecule has 1 aromatic carbocycles. The van der Waals surface area contributed by atoms with E-state index in [4.69, 9.17) is 11.6 Å². The lowest BCUT2D eigenvalue weighted by molar-refractivity contribution is 0.252. The Labute approximate surface area is 202 Å². The molecule has 0 saturated carbocycles. The van der Waals surface area contributed by atoms with Crippen LogP contribution in [-0.2, 0) is 6.54 Å². The minimum Gasteiger partial charge on any atom is -0.377 e. The number of aromatic nitrogens is 5. The highest BCUT2D eigenvalue weighted by Crippen LogP contribution is 2.39. The van der Waals surface area contributed by atoms with Gasteiger partial charge in [-0.1, -0.05) is 12.1 Å². The minimum atomic E-state index is -0.433. The largest absolute Gasteiger partial charge is 0.377 e. The number of nitrogens with zero attached hydrogens (tertiary/aromatic N) is 7. The summed E-state index contributed by atoms with van der Waals surface area (Å²) in [4.78, 5) is 24.1. The maximum absolute atomic E-state index is 14.0. The Hall–Kier alpha value is -4.12. The average Bonchev–Trinajstić information content (AvgIpc) is 3.23. The van der Waals surface area contributed by atoms with Crippen LogP contribution in [0.25, 0.3) is 33.0 Å². The van der Waals surface area contributed by atoms with Crippen molar-refractivity contribution < 1.29 is 4.39 Å². The average molecular weight is 466 g/mol. The summed E-state index contributed by atoms with van der Waals surface area (Å²) in [5.74, 6) is 1.32. The first kappa shape index (κ1) is 21.4. The van der Waals surface area contributed by atoms with Crippen molar-refractivity contribution in [2.75, 3.05) is 13.1 Å². The molecule has 0 N–H and O–H groups in total. The van der Waals surface area contributed by atoms with E-state index in [-0.39, 0.29) is 0 Å². The number of imidazole rings is 1. The number of benzene rings is 1. The summed E-state index contributed by atoms with van der Waals surface area (Å²) in [5.41, 5.74) is 6.55. The molecule has 6 heterocycles. The zero-order valence-corrected chi connectivity index (χ0v) is 19.7. The highest BCUT2D eigenvalue weighted by atomic mass is 19.1. The van der Waals surface area contributed by atoms with E-state index in [0.717, 1.165) is 29.9 Å².